The molecular weight excluding hydrogens is 292 g/mol. The van der Waals surface area contributed by atoms with Crippen molar-refractivity contribution in [1.29, 1.82) is 0 Å². The maximum atomic E-state index is 13.7. The molecule has 0 unspecified atom stereocenters. The minimum absolute atomic E-state index is 0.0278. The van der Waals surface area contributed by atoms with Gasteiger partial charge in [0.25, 0.3) is 6.20 Å². The minimum Gasteiger partial charge on any atom is -0.436 e. The monoisotopic (exact) mass is 299 g/mol. The summed E-state index contributed by atoms with van der Waals surface area (Å²) >= 11 is 0. The van der Waals surface area contributed by atoms with Gasteiger partial charge in [0.1, 0.15) is 5.52 Å². The van der Waals surface area contributed by atoms with Gasteiger partial charge in [0.2, 0.25) is 17.9 Å². The van der Waals surface area contributed by atoms with Crippen molar-refractivity contribution in [3.8, 4) is 11.5 Å². The van der Waals surface area contributed by atoms with Crippen LogP contribution in [-0.4, -0.2) is 10.2 Å². The molecule has 0 bridgehead atoms. The second-order valence-electron chi connectivity index (χ2n) is 4.29. The van der Waals surface area contributed by atoms with Gasteiger partial charge >= 0.3 is 6.18 Å². The molecule has 0 atom stereocenters. The summed E-state index contributed by atoms with van der Waals surface area (Å²) in [5, 5.41) is 9.05. The first kappa shape index (κ1) is 13.3. The van der Waals surface area contributed by atoms with Gasteiger partial charge in [-0.15, -0.1) is 0 Å². The van der Waals surface area contributed by atoms with Gasteiger partial charge in [-0.25, -0.2) is 4.98 Å². The second-order valence-corrected chi connectivity index (χ2v) is 4.29. The number of halogens is 4. The van der Waals surface area contributed by atoms with E-state index in [0.717, 1.165) is 30.6 Å². The summed E-state index contributed by atoms with van der Waals surface area (Å²) < 4.78 is 57.2. The van der Waals surface area contributed by atoms with Crippen molar-refractivity contribution < 1.29 is 31.9 Å². The predicted molar refractivity (Wildman–Crippen MR) is 61.8 cm³/mol. The Kier molecular flexibility index (Phi) is 2.82. The largest absolute Gasteiger partial charge is 0.436 e. The zero-order valence-electron chi connectivity index (χ0n) is 10.2. The third-order valence-electron chi connectivity index (χ3n) is 2.84. The molecule has 0 saturated carbocycles. The van der Waals surface area contributed by atoms with Gasteiger partial charge in [0.05, 0.1) is 11.1 Å². The van der Waals surface area contributed by atoms with Gasteiger partial charge in [-0.3, -0.25) is 5.21 Å². The highest BCUT2D eigenvalue weighted by Gasteiger charge is 2.31. The van der Waals surface area contributed by atoms with Crippen molar-refractivity contribution in [3.63, 3.8) is 0 Å². The van der Waals surface area contributed by atoms with Crippen molar-refractivity contribution in [3.05, 3.63) is 48.0 Å². The van der Waals surface area contributed by atoms with E-state index in [4.69, 9.17) is 9.62 Å². The Hall–Kier alpha value is -2.64. The summed E-state index contributed by atoms with van der Waals surface area (Å²) in [4.78, 5) is 3.85. The van der Waals surface area contributed by atoms with Crippen LogP contribution in [0.4, 0.5) is 17.6 Å². The molecule has 108 valence electrons. The van der Waals surface area contributed by atoms with E-state index >= 15 is 0 Å². The number of hydrogen-bond donors (Lipinski definition) is 1. The average Bonchev–Trinajstić information content (AvgIpc) is 2.79. The first-order valence-electron chi connectivity index (χ1n) is 5.73. The number of alkyl halides is 3. The molecule has 0 aliphatic heterocycles. The fourth-order valence-electron chi connectivity index (χ4n) is 1.85. The number of benzene rings is 1. The van der Waals surface area contributed by atoms with E-state index in [1.165, 1.54) is 6.07 Å². The number of rotatable bonds is 1. The van der Waals surface area contributed by atoms with Crippen LogP contribution in [0, 0.1) is 5.82 Å². The molecule has 0 fully saturated rings. The zero-order valence-corrected chi connectivity index (χ0v) is 10.2. The Bertz CT molecular complexity index is 827. The lowest BCUT2D eigenvalue weighted by atomic mass is 10.2. The fourth-order valence-corrected chi connectivity index (χ4v) is 1.85. The SMILES string of the molecule is O[n+]1ccc(-c2nc3cc(C(F)(F)F)ccc3o2)c(F)c1. The van der Waals surface area contributed by atoms with Crippen LogP contribution in [0.3, 0.4) is 0 Å². The number of nitrogens with zero attached hydrogens (tertiary/aromatic N) is 2. The van der Waals surface area contributed by atoms with Crippen molar-refractivity contribution in [2.75, 3.05) is 0 Å². The summed E-state index contributed by atoms with van der Waals surface area (Å²) in [5.74, 6) is -0.981. The van der Waals surface area contributed by atoms with E-state index < -0.39 is 17.6 Å². The van der Waals surface area contributed by atoms with Crippen molar-refractivity contribution >= 4 is 11.1 Å². The third-order valence-corrected chi connectivity index (χ3v) is 2.84. The molecule has 0 saturated heterocycles. The molecule has 1 N–H and O–H groups in total. The van der Waals surface area contributed by atoms with E-state index in [0.29, 0.717) is 4.73 Å². The summed E-state index contributed by atoms with van der Waals surface area (Å²) in [7, 11) is 0. The van der Waals surface area contributed by atoms with Crippen LogP contribution in [0.25, 0.3) is 22.6 Å². The molecule has 2 heterocycles. The van der Waals surface area contributed by atoms with E-state index in [-0.39, 0.29) is 22.6 Å². The Morgan fingerprint density at radius 3 is 2.62 bits per heavy atom. The predicted octanol–water partition coefficient (Wildman–Crippen LogP) is 3.18. The maximum Gasteiger partial charge on any atom is 0.416 e. The lowest BCUT2D eigenvalue weighted by Gasteiger charge is -2.04. The fraction of sp³-hybridized carbons (Fsp3) is 0.0769. The lowest BCUT2D eigenvalue weighted by molar-refractivity contribution is -0.905. The van der Waals surface area contributed by atoms with Gasteiger partial charge in [0, 0.05) is 10.8 Å². The molecule has 0 aliphatic carbocycles. The van der Waals surface area contributed by atoms with Gasteiger partial charge in [-0.1, -0.05) is 0 Å². The van der Waals surface area contributed by atoms with E-state index in [1.807, 2.05) is 0 Å². The molecule has 0 spiro atoms. The Morgan fingerprint density at radius 1 is 1.19 bits per heavy atom. The molecule has 21 heavy (non-hydrogen) atoms. The van der Waals surface area contributed by atoms with Crippen LogP contribution in [-0.2, 0) is 6.18 Å². The van der Waals surface area contributed by atoms with E-state index in [9.17, 15) is 17.6 Å². The summed E-state index contributed by atoms with van der Waals surface area (Å²) in [5.41, 5.74) is -0.847. The first-order valence-corrected chi connectivity index (χ1v) is 5.73. The number of hydrogen-bond acceptors (Lipinski definition) is 3. The van der Waals surface area contributed by atoms with Gasteiger partial charge < -0.3 is 4.42 Å². The molecular formula is C13H7F4N2O2+. The highest BCUT2D eigenvalue weighted by molar-refractivity contribution is 5.77. The normalized spacial score (nSPS) is 12.0. The van der Waals surface area contributed by atoms with Gasteiger partial charge in [-0.2, -0.15) is 17.6 Å². The molecule has 4 nitrogen and oxygen atoms in total. The summed E-state index contributed by atoms with van der Waals surface area (Å²) in [6.07, 6.45) is -2.56. The summed E-state index contributed by atoms with van der Waals surface area (Å²) in [6, 6.07) is 4.02. The first-order chi connectivity index (χ1) is 9.84. The van der Waals surface area contributed by atoms with Crippen LogP contribution >= 0.6 is 0 Å². The molecule has 0 aliphatic rings. The Morgan fingerprint density at radius 2 is 1.95 bits per heavy atom. The van der Waals surface area contributed by atoms with Crippen LogP contribution in [0.1, 0.15) is 5.56 Å². The Balaban J connectivity index is 2.13. The van der Waals surface area contributed by atoms with E-state index in [1.54, 1.807) is 0 Å². The number of fused-ring (bicyclic) bond motifs is 1. The maximum absolute atomic E-state index is 13.7. The zero-order chi connectivity index (χ0) is 15.2. The van der Waals surface area contributed by atoms with E-state index in [2.05, 4.69) is 4.98 Å². The van der Waals surface area contributed by atoms with Gasteiger partial charge in [-0.05, 0) is 18.2 Å². The number of oxazole rings is 1. The van der Waals surface area contributed by atoms with Crippen LogP contribution in [0.2, 0.25) is 0 Å². The number of pyridine rings is 1. The lowest BCUT2D eigenvalue weighted by Crippen LogP contribution is -2.29. The average molecular weight is 299 g/mol. The highest BCUT2D eigenvalue weighted by Crippen LogP contribution is 2.33. The second kappa shape index (κ2) is 4.44. The Labute approximate surface area is 114 Å². The molecule has 0 amide bonds. The molecule has 0 radical (unpaired) electrons. The number of aromatic nitrogens is 2. The van der Waals surface area contributed by atoms with Crippen molar-refractivity contribution in [2.45, 2.75) is 6.18 Å². The van der Waals surface area contributed by atoms with Gasteiger partial charge in [0.15, 0.2) is 5.58 Å². The molecule has 1 aromatic carbocycles. The van der Waals surface area contributed by atoms with Crippen LogP contribution in [0.15, 0.2) is 41.1 Å². The molecule has 3 aromatic rings. The minimum atomic E-state index is -4.49. The topological polar surface area (TPSA) is 50.1 Å². The standard InChI is InChI=1S/C13H7F4N2O2/c14-9-6-19(20)4-3-8(9)12-18-10-5-7(13(15,16)17)1-2-11(10)21-12/h1-6,20H/q+1. The van der Waals surface area contributed by atoms with Crippen LogP contribution in [0.5, 0.6) is 0 Å². The molecule has 3 rings (SSSR count). The van der Waals surface area contributed by atoms with Crippen molar-refractivity contribution in [2.24, 2.45) is 0 Å². The highest BCUT2D eigenvalue weighted by atomic mass is 19.4. The molecule has 8 heteroatoms. The quantitative estimate of drug-likeness (QED) is 0.426. The smallest absolute Gasteiger partial charge is 0.416 e. The summed E-state index contributed by atoms with van der Waals surface area (Å²) in [6.45, 7) is 0. The van der Waals surface area contributed by atoms with Crippen molar-refractivity contribution in [1.82, 2.24) is 4.98 Å². The van der Waals surface area contributed by atoms with Crippen LogP contribution < -0.4 is 4.73 Å². The molecule has 2 aromatic heterocycles. The third kappa shape index (κ3) is 2.39.